The van der Waals surface area contributed by atoms with E-state index in [-0.39, 0.29) is 29.2 Å². The largest absolute Gasteiger partial charge is 0.465 e. The highest BCUT2D eigenvalue weighted by molar-refractivity contribution is 5.99. The average Bonchev–Trinajstić information content (AvgIpc) is 3.15. The number of nitrogens with one attached hydrogen (secondary N) is 1. The van der Waals surface area contributed by atoms with Crippen molar-refractivity contribution in [3.05, 3.63) is 45.8 Å². The normalized spacial score (nSPS) is 10.6. The highest BCUT2D eigenvalue weighted by Crippen LogP contribution is 2.28. The minimum absolute atomic E-state index is 0.00622. The minimum atomic E-state index is -0.707. The molecule has 0 bridgehead atoms. The van der Waals surface area contributed by atoms with Crippen LogP contribution in [0, 0.1) is 32.1 Å². The number of benzene rings is 1. The molecule has 1 aromatic carbocycles. The van der Waals surface area contributed by atoms with Crippen LogP contribution in [0.15, 0.2) is 21.1 Å². The zero-order valence-electron chi connectivity index (χ0n) is 15.3. The van der Waals surface area contributed by atoms with E-state index in [0.29, 0.717) is 11.3 Å². The quantitative estimate of drug-likeness (QED) is 0.703. The molecular weight excluding hydrogens is 350 g/mol. The lowest BCUT2D eigenvalue weighted by Gasteiger charge is -2.02. The van der Waals surface area contributed by atoms with Gasteiger partial charge in [0.05, 0.1) is 13.5 Å². The van der Waals surface area contributed by atoms with Crippen LogP contribution < -0.4 is 5.32 Å². The Balaban J connectivity index is 1.86. The molecule has 0 atom stereocenters. The van der Waals surface area contributed by atoms with E-state index in [1.165, 1.54) is 14.0 Å². The molecule has 0 saturated carbocycles. The number of esters is 1. The molecule has 0 spiro atoms. The highest BCUT2D eigenvalue weighted by atomic mass is 16.5. The van der Waals surface area contributed by atoms with E-state index >= 15 is 0 Å². The maximum Gasteiger partial charge on any atom is 0.342 e. The number of hydrogen-bond donors (Lipinski definition) is 1. The zero-order chi connectivity index (χ0) is 19.7. The number of nitrogens with zero attached hydrogens (tertiary/aromatic N) is 2. The standard InChI is InChI=1S/C19H17N3O5/c1-9-5-12-14(22-27-15(12)6-10(9)2)7-16(23)21-18-13(8-20)17(11(3)26-18)19(24)25-4/h5-6H,7H2,1-4H3,(H,21,23). The van der Waals surface area contributed by atoms with Crippen molar-refractivity contribution in [1.82, 2.24) is 5.16 Å². The topological polar surface area (TPSA) is 118 Å². The fraction of sp³-hybridized carbons (Fsp3) is 0.263. The maximum atomic E-state index is 12.4. The molecule has 0 aliphatic rings. The zero-order valence-corrected chi connectivity index (χ0v) is 15.3. The Kier molecular flexibility index (Phi) is 4.69. The summed E-state index contributed by atoms with van der Waals surface area (Å²) in [5.41, 5.74) is 3.11. The number of anilines is 1. The van der Waals surface area contributed by atoms with E-state index < -0.39 is 11.9 Å². The van der Waals surface area contributed by atoms with Gasteiger partial charge < -0.3 is 13.7 Å². The Morgan fingerprint density at radius 3 is 2.63 bits per heavy atom. The van der Waals surface area contributed by atoms with E-state index in [2.05, 4.69) is 15.2 Å². The molecule has 8 heteroatoms. The maximum absolute atomic E-state index is 12.4. The van der Waals surface area contributed by atoms with Crippen molar-refractivity contribution in [2.45, 2.75) is 27.2 Å². The number of carbonyl (C=O) groups excluding carboxylic acids is 2. The fourth-order valence-electron chi connectivity index (χ4n) is 2.78. The summed E-state index contributed by atoms with van der Waals surface area (Å²) in [6.45, 7) is 5.44. The molecule has 8 nitrogen and oxygen atoms in total. The number of aryl methyl sites for hydroxylation is 3. The Morgan fingerprint density at radius 2 is 1.96 bits per heavy atom. The first-order valence-corrected chi connectivity index (χ1v) is 8.12. The minimum Gasteiger partial charge on any atom is -0.465 e. The van der Waals surface area contributed by atoms with Crippen LogP contribution in [0.3, 0.4) is 0 Å². The van der Waals surface area contributed by atoms with E-state index in [4.69, 9.17) is 8.94 Å². The van der Waals surface area contributed by atoms with E-state index in [0.717, 1.165) is 16.5 Å². The molecule has 0 fully saturated rings. The van der Waals surface area contributed by atoms with Crippen molar-refractivity contribution in [3.8, 4) is 6.07 Å². The molecule has 3 aromatic rings. The third-order valence-electron chi connectivity index (χ3n) is 4.33. The number of furan rings is 1. The number of ether oxygens (including phenoxy) is 1. The van der Waals surface area contributed by atoms with Gasteiger partial charge in [-0.15, -0.1) is 0 Å². The molecule has 138 valence electrons. The van der Waals surface area contributed by atoms with Gasteiger partial charge in [-0.3, -0.25) is 10.1 Å². The van der Waals surface area contributed by atoms with Gasteiger partial charge in [0.2, 0.25) is 11.8 Å². The molecule has 1 amide bonds. The fourth-order valence-corrected chi connectivity index (χ4v) is 2.78. The van der Waals surface area contributed by atoms with Gasteiger partial charge in [0.1, 0.15) is 28.7 Å². The second-order valence-electron chi connectivity index (χ2n) is 6.13. The van der Waals surface area contributed by atoms with Crippen LogP contribution >= 0.6 is 0 Å². The second-order valence-corrected chi connectivity index (χ2v) is 6.13. The predicted molar refractivity (Wildman–Crippen MR) is 95.3 cm³/mol. The SMILES string of the molecule is COC(=O)c1c(C)oc(NC(=O)Cc2noc3cc(C)c(C)cc23)c1C#N. The van der Waals surface area contributed by atoms with Gasteiger partial charge in [-0.25, -0.2) is 4.79 Å². The summed E-state index contributed by atoms with van der Waals surface area (Å²) >= 11 is 0. The van der Waals surface area contributed by atoms with Gasteiger partial charge in [0.15, 0.2) is 5.58 Å². The molecule has 0 saturated heterocycles. The first-order chi connectivity index (χ1) is 12.8. The third kappa shape index (κ3) is 3.27. The third-order valence-corrected chi connectivity index (χ3v) is 4.33. The van der Waals surface area contributed by atoms with Gasteiger partial charge in [0, 0.05) is 5.39 Å². The van der Waals surface area contributed by atoms with Crippen LogP contribution in [0.5, 0.6) is 0 Å². The number of hydrogen-bond acceptors (Lipinski definition) is 7. The summed E-state index contributed by atoms with van der Waals surface area (Å²) in [7, 11) is 1.20. The van der Waals surface area contributed by atoms with Crippen LogP contribution in [0.4, 0.5) is 5.88 Å². The number of fused-ring (bicyclic) bond motifs is 1. The summed E-state index contributed by atoms with van der Waals surface area (Å²) in [5, 5.41) is 16.6. The summed E-state index contributed by atoms with van der Waals surface area (Å²) in [6, 6.07) is 5.64. The van der Waals surface area contributed by atoms with Crippen LogP contribution in [-0.4, -0.2) is 24.1 Å². The lowest BCUT2D eigenvalue weighted by atomic mass is 10.1. The highest BCUT2D eigenvalue weighted by Gasteiger charge is 2.25. The summed E-state index contributed by atoms with van der Waals surface area (Å²) < 4.78 is 15.3. The van der Waals surface area contributed by atoms with Gasteiger partial charge in [0.25, 0.3) is 0 Å². The van der Waals surface area contributed by atoms with Crippen molar-refractivity contribution >= 4 is 28.7 Å². The molecule has 0 radical (unpaired) electrons. The molecule has 0 aliphatic carbocycles. The number of rotatable bonds is 4. The lowest BCUT2D eigenvalue weighted by molar-refractivity contribution is -0.115. The van der Waals surface area contributed by atoms with Crippen LogP contribution in [0.1, 0.15) is 38.5 Å². The van der Waals surface area contributed by atoms with E-state index in [9.17, 15) is 14.9 Å². The number of aromatic nitrogens is 1. The summed E-state index contributed by atoms with van der Waals surface area (Å²) in [4.78, 5) is 24.2. The monoisotopic (exact) mass is 367 g/mol. The summed E-state index contributed by atoms with van der Waals surface area (Å²) in [5.74, 6) is -1.07. The number of amides is 1. The van der Waals surface area contributed by atoms with Gasteiger partial charge in [-0.2, -0.15) is 5.26 Å². The first kappa shape index (κ1) is 18.2. The number of carbonyl (C=O) groups is 2. The van der Waals surface area contributed by atoms with Crippen LogP contribution in [0.2, 0.25) is 0 Å². The second kappa shape index (κ2) is 6.96. The van der Waals surface area contributed by atoms with Gasteiger partial charge >= 0.3 is 5.97 Å². The van der Waals surface area contributed by atoms with Crippen LogP contribution in [-0.2, 0) is 16.0 Å². The lowest BCUT2D eigenvalue weighted by Crippen LogP contribution is -2.15. The molecule has 2 aromatic heterocycles. The molecule has 0 unspecified atom stereocenters. The molecule has 27 heavy (non-hydrogen) atoms. The van der Waals surface area contributed by atoms with E-state index in [1.807, 2.05) is 32.0 Å². The van der Waals surface area contributed by atoms with Crippen molar-refractivity contribution in [3.63, 3.8) is 0 Å². The van der Waals surface area contributed by atoms with Crippen molar-refractivity contribution in [2.24, 2.45) is 0 Å². The van der Waals surface area contributed by atoms with Crippen molar-refractivity contribution in [1.29, 1.82) is 5.26 Å². The van der Waals surface area contributed by atoms with Gasteiger partial charge in [-0.05, 0) is 44.0 Å². The Labute approximate surface area is 154 Å². The molecular formula is C19H17N3O5. The predicted octanol–water partition coefficient (Wildman–Crippen LogP) is 3.19. The number of nitriles is 1. The Bertz CT molecular complexity index is 1100. The number of methoxy groups -OCH3 is 1. The van der Waals surface area contributed by atoms with Crippen molar-refractivity contribution < 1.29 is 23.3 Å². The van der Waals surface area contributed by atoms with Gasteiger partial charge in [-0.1, -0.05) is 5.16 Å². The smallest absolute Gasteiger partial charge is 0.342 e. The molecule has 0 aliphatic heterocycles. The Morgan fingerprint density at radius 1 is 1.26 bits per heavy atom. The Hall–Kier alpha value is -3.60. The van der Waals surface area contributed by atoms with Crippen molar-refractivity contribution in [2.75, 3.05) is 12.4 Å². The van der Waals surface area contributed by atoms with E-state index in [1.54, 1.807) is 0 Å². The van der Waals surface area contributed by atoms with Crippen LogP contribution in [0.25, 0.3) is 11.0 Å². The average molecular weight is 367 g/mol. The summed E-state index contributed by atoms with van der Waals surface area (Å²) in [6.07, 6.45) is -0.0757. The molecule has 1 N–H and O–H groups in total. The molecule has 2 heterocycles. The first-order valence-electron chi connectivity index (χ1n) is 8.12. The molecule has 3 rings (SSSR count).